The third-order valence-electron chi connectivity index (χ3n) is 5.47. The molecule has 0 N–H and O–H groups in total. The summed E-state index contributed by atoms with van der Waals surface area (Å²) in [7, 11) is 1.94. The zero-order valence-corrected chi connectivity index (χ0v) is 16.8. The third-order valence-corrected chi connectivity index (χ3v) is 5.47. The van der Waals surface area contributed by atoms with Crippen LogP contribution < -0.4 is 9.91 Å². The van der Waals surface area contributed by atoms with E-state index >= 15 is 0 Å². The maximum absolute atomic E-state index is 5.80. The summed E-state index contributed by atoms with van der Waals surface area (Å²) >= 11 is 0. The minimum atomic E-state index is -0.354. The van der Waals surface area contributed by atoms with Crippen LogP contribution in [0.25, 0.3) is 0 Å². The van der Waals surface area contributed by atoms with E-state index in [-0.39, 0.29) is 5.79 Å². The van der Waals surface area contributed by atoms with Crippen LogP contribution in [0.4, 0.5) is 11.5 Å². The van der Waals surface area contributed by atoms with Crippen LogP contribution in [-0.2, 0) is 9.47 Å². The molecule has 148 valence electrons. The average Bonchev–Trinajstić information content (AvgIpc) is 3.17. The Balaban J connectivity index is 1.42. The molecule has 28 heavy (non-hydrogen) atoms. The van der Waals surface area contributed by atoms with Crippen molar-refractivity contribution < 1.29 is 9.47 Å². The van der Waals surface area contributed by atoms with Gasteiger partial charge in [0.05, 0.1) is 30.8 Å². The summed E-state index contributed by atoms with van der Waals surface area (Å²) in [6.07, 6.45) is 5.43. The molecule has 0 radical (unpaired) electrons. The first-order chi connectivity index (χ1) is 13.6. The van der Waals surface area contributed by atoms with Gasteiger partial charge < -0.3 is 14.4 Å². The number of hydrogen-bond donors (Lipinski definition) is 0. The van der Waals surface area contributed by atoms with Gasteiger partial charge in [-0.3, -0.25) is 9.99 Å². The molecule has 2 aliphatic heterocycles. The molecule has 0 unspecified atom stereocenters. The van der Waals surface area contributed by atoms with E-state index in [2.05, 4.69) is 27.0 Å². The van der Waals surface area contributed by atoms with E-state index in [9.17, 15) is 0 Å². The molecule has 4 heterocycles. The molecule has 0 amide bonds. The summed E-state index contributed by atoms with van der Waals surface area (Å²) in [4.78, 5) is 11.3. The van der Waals surface area contributed by atoms with Gasteiger partial charge in [-0.25, -0.2) is 4.98 Å². The molecule has 7 nitrogen and oxygen atoms in total. The number of aromatic nitrogens is 2. The fourth-order valence-corrected chi connectivity index (χ4v) is 3.82. The SMILES string of the molecule is C/C(=N\N(C)c1ccc(N2CCC3(CC2)OCCO3)nc1)c1cccnc1C. The lowest BCUT2D eigenvalue weighted by atomic mass is 10.0. The first kappa shape index (κ1) is 18.8. The lowest BCUT2D eigenvalue weighted by Gasteiger charge is -2.38. The van der Waals surface area contributed by atoms with Crippen LogP contribution in [0.1, 0.15) is 31.0 Å². The van der Waals surface area contributed by atoms with Gasteiger partial charge in [-0.2, -0.15) is 5.10 Å². The summed E-state index contributed by atoms with van der Waals surface area (Å²) in [5, 5.41) is 6.54. The monoisotopic (exact) mass is 381 g/mol. The summed E-state index contributed by atoms with van der Waals surface area (Å²) in [6.45, 7) is 7.18. The largest absolute Gasteiger partial charge is 0.356 e. The molecule has 0 bridgehead atoms. The molecule has 7 heteroatoms. The number of aryl methyl sites for hydroxylation is 1. The van der Waals surface area contributed by atoms with E-state index in [0.717, 1.165) is 54.4 Å². The van der Waals surface area contributed by atoms with Crippen LogP contribution in [0.15, 0.2) is 41.8 Å². The standard InChI is InChI=1S/C21H27N5O2/c1-16-19(5-4-10-22-16)17(2)24-25(3)18-6-7-20(23-15-18)26-11-8-21(9-12-26)27-13-14-28-21/h4-7,10,15H,8-9,11-14H2,1-3H3/b24-17+. The number of hydrogen-bond acceptors (Lipinski definition) is 7. The van der Waals surface area contributed by atoms with Crippen molar-refractivity contribution in [1.82, 2.24) is 9.97 Å². The van der Waals surface area contributed by atoms with E-state index in [1.165, 1.54) is 0 Å². The molecular weight excluding hydrogens is 354 g/mol. The summed E-state index contributed by atoms with van der Waals surface area (Å²) in [5.74, 6) is 0.627. The molecule has 2 aliphatic rings. The Morgan fingerprint density at radius 1 is 1.14 bits per heavy atom. The first-order valence-electron chi connectivity index (χ1n) is 9.76. The summed E-state index contributed by atoms with van der Waals surface area (Å²) < 4.78 is 11.6. The Labute approximate surface area is 166 Å². The second kappa shape index (κ2) is 7.85. The highest BCUT2D eigenvalue weighted by atomic mass is 16.7. The Morgan fingerprint density at radius 3 is 2.54 bits per heavy atom. The molecule has 2 aromatic heterocycles. The van der Waals surface area contributed by atoms with Crippen molar-refractivity contribution in [3.05, 3.63) is 47.9 Å². The maximum atomic E-state index is 5.80. The van der Waals surface area contributed by atoms with Crippen LogP contribution in [0, 0.1) is 6.92 Å². The quantitative estimate of drug-likeness (QED) is 0.599. The third kappa shape index (κ3) is 3.86. The number of hydrazone groups is 1. The Hall–Kier alpha value is -2.51. The Bertz CT molecular complexity index is 836. The van der Waals surface area contributed by atoms with Gasteiger partial charge in [-0.15, -0.1) is 0 Å². The van der Waals surface area contributed by atoms with Crippen molar-refractivity contribution in [3.63, 3.8) is 0 Å². The minimum Gasteiger partial charge on any atom is -0.356 e. The molecule has 0 aromatic carbocycles. The smallest absolute Gasteiger partial charge is 0.171 e. The molecule has 4 rings (SSSR count). The van der Waals surface area contributed by atoms with Crippen molar-refractivity contribution >= 4 is 17.2 Å². The number of rotatable bonds is 4. The topological polar surface area (TPSA) is 63.1 Å². The van der Waals surface area contributed by atoms with Crippen molar-refractivity contribution in [2.75, 3.05) is 43.3 Å². The highest BCUT2D eigenvalue weighted by Gasteiger charge is 2.39. The van der Waals surface area contributed by atoms with Crippen molar-refractivity contribution in [2.24, 2.45) is 5.10 Å². The molecular formula is C21H27N5O2. The van der Waals surface area contributed by atoms with Crippen LogP contribution in [-0.4, -0.2) is 54.8 Å². The number of ether oxygens (including phenoxy) is 2. The van der Waals surface area contributed by atoms with Crippen LogP contribution in [0.2, 0.25) is 0 Å². The highest BCUT2D eigenvalue weighted by Crippen LogP contribution is 2.32. The zero-order chi connectivity index (χ0) is 19.6. The number of piperidine rings is 1. The predicted octanol–water partition coefficient (Wildman–Crippen LogP) is 2.99. The first-order valence-corrected chi connectivity index (χ1v) is 9.76. The van der Waals surface area contributed by atoms with Gasteiger partial charge >= 0.3 is 0 Å². The maximum Gasteiger partial charge on any atom is 0.171 e. The second-order valence-electron chi connectivity index (χ2n) is 7.31. The van der Waals surface area contributed by atoms with Gasteiger partial charge in [-0.05, 0) is 38.1 Å². The second-order valence-corrected chi connectivity index (χ2v) is 7.31. The lowest BCUT2D eigenvalue weighted by molar-refractivity contribution is -0.169. The summed E-state index contributed by atoms with van der Waals surface area (Å²) in [6, 6.07) is 8.09. The summed E-state index contributed by atoms with van der Waals surface area (Å²) in [5.41, 5.74) is 3.90. The van der Waals surface area contributed by atoms with Gasteiger partial charge in [-0.1, -0.05) is 0 Å². The fourth-order valence-electron chi connectivity index (χ4n) is 3.82. The predicted molar refractivity (Wildman–Crippen MR) is 110 cm³/mol. The fraction of sp³-hybridized carbons (Fsp3) is 0.476. The van der Waals surface area contributed by atoms with E-state index in [1.54, 1.807) is 6.20 Å². The highest BCUT2D eigenvalue weighted by molar-refractivity contribution is 6.00. The molecule has 2 saturated heterocycles. The van der Waals surface area contributed by atoms with Gasteiger partial charge in [0.15, 0.2) is 5.79 Å². The van der Waals surface area contributed by atoms with E-state index < -0.39 is 0 Å². The molecule has 0 aliphatic carbocycles. The van der Waals surface area contributed by atoms with Crippen molar-refractivity contribution in [3.8, 4) is 0 Å². The van der Waals surface area contributed by atoms with Crippen molar-refractivity contribution in [1.29, 1.82) is 0 Å². The lowest BCUT2D eigenvalue weighted by Crippen LogP contribution is -2.45. The van der Waals surface area contributed by atoms with E-state index in [0.29, 0.717) is 13.2 Å². The normalized spacial score (nSPS) is 19.2. The van der Waals surface area contributed by atoms with Crippen LogP contribution in [0.5, 0.6) is 0 Å². The molecule has 1 spiro atoms. The Morgan fingerprint density at radius 2 is 1.89 bits per heavy atom. The van der Waals surface area contributed by atoms with E-state index in [4.69, 9.17) is 14.6 Å². The molecule has 0 saturated carbocycles. The Kier molecular flexibility index (Phi) is 5.28. The van der Waals surface area contributed by atoms with Gasteiger partial charge in [0, 0.05) is 50.4 Å². The minimum absolute atomic E-state index is 0.354. The number of pyridine rings is 2. The molecule has 0 atom stereocenters. The van der Waals surface area contributed by atoms with E-state index in [1.807, 2.05) is 44.2 Å². The van der Waals surface area contributed by atoms with Crippen LogP contribution in [0.3, 0.4) is 0 Å². The van der Waals surface area contributed by atoms with Gasteiger partial charge in [0.1, 0.15) is 5.82 Å². The zero-order valence-electron chi connectivity index (χ0n) is 16.8. The number of nitrogens with zero attached hydrogens (tertiary/aromatic N) is 5. The van der Waals surface area contributed by atoms with Crippen LogP contribution >= 0.6 is 0 Å². The average molecular weight is 381 g/mol. The molecule has 2 fully saturated rings. The number of anilines is 2. The van der Waals surface area contributed by atoms with Gasteiger partial charge in [0.25, 0.3) is 0 Å². The van der Waals surface area contributed by atoms with Crippen molar-refractivity contribution in [2.45, 2.75) is 32.5 Å². The molecule has 2 aromatic rings. The van der Waals surface area contributed by atoms with Gasteiger partial charge in [0.2, 0.25) is 0 Å².